The molecule has 4 aliphatic rings. The highest BCUT2D eigenvalue weighted by Crippen LogP contribution is 2.69. The zero-order valence-electron chi connectivity index (χ0n) is 21.5. The van der Waals surface area contributed by atoms with Crippen LogP contribution in [0.5, 0.6) is 0 Å². The molecule has 0 spiro atoms. The highest BCUT2D eigenvalue weighted by molar-refractivity contribution is 5.78. The summed E-state index contributed by atoms with van der Waals surface area (Å²) >= 11 is 0. The van der Waals surface area contributed by atoms with Gasteiger partial charge < -0.3 is 14.6 Å². The van der Waals surface area contributed by atoms with Crippen LogP contribution in [-0.2, 0) is 19.1 Å². The number of hydrogen-bond acceptors (Lipinski definition) is 6. The molecule has 0 unspecified atom stereocenters. The molecule has 4 rings (SSSR count). The first-order chi connectivity index (χ1) is 15.8. The summed E-state index contributed by atoms with van der Waals surface area (Å²) in [5.41, 5.74) is 0.325. The normalized spacial score (nSPS) is 40.3. The van der Waals surface area contributed by atoms with Gasteiger partial charge in [-0.15, -0.1) is 0 Å². The molecule has 6 heteroatoms. The third-order valence-electron chi connectivity index (χ3n) is 10.2. The second kappa shape index (κ2) is 8.22. The van der Waals surface area contributed by atoms with Crippen molar-refractivity contribution in [1.82, 2.24) is 0 Å². The SMILES string of the molecule is COC(=O)CCC(=O)OC1=C(C#N)C[C@@]2(C)C(=CC[C@@H]3[C@@H]2CC[C@@]2(C)[C@H]3CC[C@]2(C)O)C1(C)C. The van der Waals surface area contributed by atoms with Gasteiger partial charge in [-0.05, 0) is 87.9 Å². The van der Waals surface area contributed by atoms with Crippen molar-refractivity contribution in [2.45, 2.75) is 91.6 Å². The lowest BCUT2D eigenvalue weighted by Gasteiger charge is -2.60. The van der Waals surface area contributed by atoms with Crippen LogP contribution >= 0.6 is 0 Å². The predicted molar refractivity (Wildman–Crippen MR) is 127 cm³/mol. The van der Waals surface area contributed by atoms with Crippen LogP contribution in [0.15, 0.2) is 23.0 Å². The van der Waals surface area contributed by atoms with Crippen molar-refractivity contribution >= 4 is 11.9 Å². The topological polar surface area (TPSA) is 96.6 Å². The zero-order chi connectivity index (χ0) is 25.1. The van der Waals surface area contributed by atoms with Gasteiger partial charge in [-0.1, -0.05) is 25.5 Å². The van der Waals surface area contributed by atoms with E-state index in [0.29, 0.717) is 35.5 Å². The Morgan fingerprint density at radius 3 is 2.38 bits per heavy atom. The summed E-state index contributed by atoms with van der Waals surface area (Å²) in [5, 5.41) is 21.3. The Bertz CT molecular complexity index is 999. The summed E-state index contributed by atoms with van der Waals surface area (Å²) in [6, 6.07) is 2.36. The van der Waals surface area contributed by atoms with Gasteiger partial charge in [-0.2, -0.15) is 5.26 Å². The molecule has 0 aromatic rings. The van der Waals surface area contributed by atoms with E-state index in [0.717, 1.165) is 32.1 Å². The third-order valence-corrected chi connectivity index (χ3v) is 10.2. The number of rotatable bonds is 4. The van der Waals surface area contributed by atoms with Gasteiger partial charge in [0.1, 0.15) is 5.76 Å². The quantitative estimate of drug-likeness (QED) is 0.448. The number of allylic oxidation sites excluding steroid dienone is 3. The fourth-order valence-electron chi connectivity index (χ4n) is 8.23. The number of nitrogens with zero attached hydrogens (tertiary/aromatic N) is 1. The summed E-state index contributed by atoms with van der Waals surface area (Å²) < 4.78 is 10.4. The molecule has 0 bridgehead atoms. The largest absolute Gasteiger partial charge is 0.469 e. The van der Waals surface area contributed by atoms with Crippen molar-refractivity contribution < 1.29 is 24.2 Å². The Labute approximate surface area is 203 Å². The summed E-state index contributed by atoms with van der Waals surface area (Å²) in [4.78, 5) is 24.0. The lowest BCUT2D eigenvalue weighted by Crippen LogP contribution is -2.55. The van der Waals surface area contributed by atoms with Gasteiger partial charge in [-0.25, -0.2) is 0 Å². The molecular weight excluding hydrogens is 430 g/mol. The van der Waals surface area contributed by atoms with Crippen LogP contribution in [0, 0.1) is 45.3 Å². The first-order valence-corrected chi connectivity index (χ1v) is 12.7. The van der Waals surface area contributed by atoms with Crippen molar-refractivity contribution in [2.75, 3.05) is 7.11 Å². The summed E-state index contributed by atoms with van der Waals surface area (Å²) in [5.74, 6) is 0.849. The van der Waals surface area contributed by atoms with Crippen LogP contribution in [0.3, 0.4) is 0 Å². The van der Waals surface area contributed by atoms with Crippen LogP contribution in [0.1, 0.15) is 86.0 Å². The van der Waals surface area contributed by atoms with Crippen LogP contribution in [0.2, 0.25) is 0 Å². The molecule has 34 heavy (non-hydrogen) atoms. The Hall–Kier alpha value is -2.13. The standard InChI is InChI=1S/C28H39NO5/c1-25(2)21-8-7-18-19(11-13-27(4)20(18)12-14-28(27,5)32)26(21,3)15-17(16-29)24(25)34-23(31)10-9-22(30)33-6/h8,18-20,32H,7,9-15H2,1-6H3/t18-,19+,20+,26-,27+,28+/m1/s1. The van der Waals surface area contributed by atoms with Gasteiger partial charge in [0.15, 0.2) is 0 Å². The molecule has 0 heterocycles. The first kappa shape index (κ1) is 25.0. The maximum Gasteiger partial charge on any atom is 0.311 e. The van der Waals surface area contributed by atoms with Crippen LogP contribution < -0.4 is 0 Å². The minimum absolute atomic E-state index is 0.0426. The first-order valence-electron chi connectivity index (χ1n) is 12.7. The number of aliphatic hydroxyl groups is 1. The molecule has 2 fully saturated rings. The molecule has 4 aliphatic carbocycles. The van der Waals surface area contributed by atoms with Crippen LogP contribution in [-0.4, -0.2) is 29.8 Å². The number of esters is 2. The summed E-state index contributed by atoms with van der Waals surface area (Å²) in [6.07, 6.45) is 7.67. The number of carbonyl (C=O) groups excluding carboxylic acids is 2. The molecule has 0 radical (unpaired) electrons. The molecule has 0 aliphatic heterocycles. The van der Waals surface area contributed by atoms with E-state index in [1.54, 1.807) is 0 Å². The number of fused-ring (bicyclic) bond motifs is 5. The van der Waals surface area contributed by atoms with E-state index in [4.69, 9.17) is 4.74 Å². The fraction of sp³-hybridized carbons (Fsp3) is 0.750. The Morgan fingerprint density at radius 2 is 1.74 bits per heavy atom. The van der Waals surface area contributed by atoms with E-state index in [1.807, 2.05) is 20.8 Å². The molecule has 0 saturated heterocycles. The summed E-state index contributed by atoms with van der Waals surface area (Å²) in [6.45, 7) is 10.7. The lowest BCUT2D eigenvalue weighted by molar-refractivity contribution is -0.147. The monoisotopic (exact) mass is 469 g/mol. The second-order valence-corrected chi connectivity index (χ2v) is 12.2. The van der Waals surface area contributed by atoms with Gasteiger partial charge in [0.2, 0.25) is 0 Å². The highest BCUT2D eigenvalue weighted by atomic mass is 16.5. The lowest BCUT2D eigenvalue weighted by atomic mass is 9.44. The van der Waals surface area contributed by atoms with E-state index in [2.05, 4.69) is 30.7 Å². The second-order valence-electron chi connectivity index (χ2n) is 12.2. The van der Waals surface area contributed by atoms with Crippen molar-refractivity contribution in [3.63, 3.8) is 0 Å². The molecule has 2 saturated carbocycles. The number of carbonyl (C=O) groups is 2. The number of methoxy groups -OCH3 is 1. The van der Waals surface area contributed by atoms with Gasteiger partial charge in [0.05, 0.1) is 37.2 Å². The third kappa shape index (κ3) is 3.54. The molecule has 0 amide bonds. The summed E-state index contributed by atoms with van der Waals surface area (Å²) in [7, 11) is 1.29. The number of nitriles is 1. The van der Waals surface area contributed by atoms with Crippen molar-refractivity contribution in [3.05, 3.63) is 23.0 Å². The maximum atomic E-state index is 12.6. The van der Waals surface area contributed by atoms with E-state index in [1.165, 1.54) is 12.7 Å². The van der Waals surface area contributed by atoms with Crippen molar-refractivity contribution in [2.24, 2.45) is 34.0 Å². The van der Waals surface area contributed by atoms with E-state index >= 15 is 0 Å². The number of ether oxygens (including phenoxy) is 2. The molecule has 1 N–H and O–H groups in total. The zero-order valence-corrected chi connectivity index (χ0v) is 21.5. The van der Waals surface area contributed by atoms with Gasteiger partial charge in [-0.3, -0.25) is 9.59 Å². The average Bonchev–Trinajstić information content (AvgIpc) is 3.02. The van der Waals surface area contributed by atoms with Gasteiger partial charge in [0.25, 0.3) is 0 Å². The number of hydrogen-bond donors (Lipinski definition) is 1. The van der Waals surface area contributed by atoms with Crippen LogP contribution in [0.4, 0.5) is 0 Å². The Balaban J connectivity index is 1.65. The van der Waals surface area contributed by atoms with Crippen molar-refractivity contribution in [1.29, 1.82) is 5.26 Å². The molecule has 6 nitrogen and oxygen atoms in total. The average molecular weight is 470 g/mol. The molecule has 0 aromatic carbocycles. The molecular formula is C28H39NO5. The molecule has 186 valence electrons. The minimum Gasteiger partial charge on any atom is -0.469 e. The van der Waals surface area contributed by atoms with Gasteiger partial charge >= 0.3 is 11.9 Å². The smallest absolute Gasteiger partial charge is 0.311 e. The molecule has 6 atom stereocenters. The van der Waals surface area contributed by atoms with Crippen LogP contribution in [0.25, 0.3) is 0 Å². The maximum absolute atomic E-state index is 12.6. The van der Waals surface area contributed by atoms with E-state index < -0.39 is 23.0 Å². The fourth-order valence-corrected chi connectivity index (χ4v) is 8.23. The van der Waals surface area contributed by atoms with E-state index in [9.17, 15) is 20.0 Å². The Morgan fingerprint density at radius 1 is 1.09 bits per heavy atom. The minimum atomic E-state index is -0.622. The van der Waals surface area contributed by atoms with Crippen molar-refractivity contribution in [3.8, 4) is 6.07 Å². The van der Waals surface area contributed by atoms with Gasteiger partial charge in [0, 0.05) is 5.41 Å². The Kier molecular flexibility index (Phi) is 6.04. The van der Waals surface area contributed by atoms with E-state index in [-0.39, 0.29) is 23.7 Å². The highest BCUT2D eigenvalue weighted by Gasteiger charge is 2.63. The predicted octanol–water partition coefficient (Wildman–Crippen LogP) is 5.22. The molecule has 0 aromatic heterocycles.